The molecule has 1 rings (SSSR count). The van der Waals surface area contributed by atoms with Gasteiger partial charge in [-0.15, -0.1) is 0 Å². The second kappa shape index (κ2) is 4.09. The van der Waals surface area contributed by atoms with E-state index in [0.717, 1.165) is 23.0 Å². The van der Waals surface area contributed by atoms with Crippen LogP contribution in [-0.2, 0) is 0 Å². The Morgan fingerprint density at radius 1 is 1.29 bits per heavy atom. The van der Waals surface area contributed by atoms with Gasteiger partial charge in [0.2, 0.25) is 0 Å². The molecule has 14 heavy (non-hydrogen) atoms. The van der Waals surface area contributed by atoms with Crippen LogP contribution >= 0.6 is 0 Å². The maximum Gasteiger partial charge on any atom is 0.138 e. The molecule has 0 aromatic carbocycles. The molecule has 0 fully saturated rings. The molecule has 1 aromatic heterocycles. The minimum absolute atomic E-state index is 0.753. The normalized spacial score (nSPS) is 9.71. The van der Waals surface area contributed by atoms with E-state index in [1.807, 2.05) is 32.8 Å². The van der Waals surface area contributed by atoms with E-state index in [1.54, 1.807) is 6.20 Å². The van der Waals surface area contributed by atoms with E-state index < -0.39 is 0 Å². The summed E-state index contributed by atoms with van der Waals surface area (Å²) in [6.45, 7) is 7.48. The lowest BCUT2D eigenvalue weighted by atomic mass is 10.3. The highest BCUT2D eigenvalue weighted by molar-refractivity contribution is 5.58. The molecule has 0 aliphatic rings. The van der Waals surface area contributed by atoms with Gasteiger partial charge in [0, 0.05) is 19.7 Å². The first-order chi connectivity index (χ1) is 6.56. The fourth-order valence-corrected chi connectivity index (χ4v) is 1.29. The van der Waals surface area contributed by atoms with Crippen LogP contribution in [0, 0.1) is 13.8 Å². The molecular weight excluding hydrogens is 176 g/mol. The zero-order valence-corrected chi connectivity index (χ0v) is 9.13. The van der Waals surface area contributed by atoms with E-state index in [0.29, 0.717) is 0 Å². The number of anilines is 2. The molecule has 1 N–H and O–H groups in total. The second-order valence-corrected chi connectivity index (χ2v) is 3.31. The molecule has 4 nitrogen and oxygen atoms in total. The minimum atomic E-state index is 0.753. The van der Waals surface area contributed by atoms with Crippen molar-refractivity contribution in [2.45, 2.75) is 13.8 Å². The third kappa shape index (κ3) is 2.02. The summed E-state index contributed by atoms with van der Waals surface area (Å²) in [5.41, 5.74) is 1.03. The fourth-order valence-electron chi connectivity index (χ4n) is 1.29. The zero-order valence-electron chi connectivity index (χ0n) is 9.13. The molecule has 0 aliphatic heterocycles. The van der Waals surface area contributed by atoms with Gasteiger partial charge in [-0.05, 0) is 20.0 Å². The summed E-state index contributed by atoms with van der Waals surface area (Å²) in [5, 5.41) is 3.00. The highest BCUT2D eigenvalue weighted by Crippen LogP contribution is 2.21. The summed E-state index contributed by atoms with van der Waals surface area (Å²) in [4.78, 5) is 10.6. The summed E-state index contributed by atoms with van der Waals surface area (Å²) < 4.78 is 0. The highest BCUT2D eigenvalue weighted by Gasteiger charge is 2.09. The Kier molecular flexibility index (Phi) is 3.06. The first kappa shape index (κ1) is 10.5. The van der Waals surface area contributed by atoms with Gasteiger partial charge in [-0.3, -0.25) is 0 Å². The van der Waals surface area contributed by atoms with Crippen LogP contribution in [0.1, 0.15) is 11.4 Å². The maximum atomic E-state index is 4.36. The number of nitrogens with zero attached hydrogens (tertiary/aromatic N) is 3. The molecule has 1 aromatic rings. The van der Waals surface area contributed by atoms with Crippen molar-refractivity contribution >= 4 is 11.6 Å². The van der Waals surface area contributed by atoms with E-state index in [2.05, 4.69) is 21.9 Å². The predicted octanol–water partition coefficient (Wildman–Crippen LogP) is 1.71. The summed E-state index contributed by atoms with van der Waals surface area (Å²) in [6, 6.07) is 0. The minimum Gasteiger partial charge on any atom is -0.362 e. The molecule has 0 saturated heterocycles. The molecule has 0 aliphatic carbocycles. The van der Waals surface area contributed by atoms with Gasteiger partial charge in [0.15, 0.2) is 0 Å². The second-order valence-electron chi connectivity index (χ2n) is 3.31. The molecular formula is C10H16N4. The number of aryl methyl sites for hydroxylation is 1. The zero-order chi connectivity index (χ0) is 10.7. The van der Waals surface area contributed by atoms with Gasteiger partial charge in [0.05, 0.1) is 0 Å². The first-order valence-electron chi connectivity index (χ1n) is 4.46. The third-order valence-corrected chi connectivity index (χ3v) is 1.89. The standard InChI is InChI=1S/C10H16N4/c1-6-11-9-7(2)10(14(4)5)13-8(3)12-9/h6H,1H2,2-5H3,(H,11,12,13). The van der Waals surface area contributed by atoms with E-state index in [1.165, 1.54) is 0 Å². The number of hydrogen-bond donors (Lipinski definition) is 1. The van der Waals surface area contributed by atoms with Gasteiger partial charge >= 0.3 is 0 Å². The van der Waals surface area contributed by atoms with Crippen LogP contribution < -0.4 is 10.2 Å². The van der Waals surface area contributed by atoms with Crippen molar-refractivity contribution < 1.29 is 0 Å². The van der Waals surface area contributed by atoms with Crippen LogP contribution in [0.25, 0.3) is 0 Å². The average Bonchev–Trinajstić information content (AvgIpc) is 2.10. The van der Waals surface area contributed by atoms with Gasteiger partial charge in [-0.25, -0.2) is 9.97 Å². The lowest BCUT2D eigenvalue weighted by Crippen LogP contribution is -2.14. The van der Waals surface area contributed by atoms with Crippen LogP contribution in [0.5, 0.6) is 0 Å². The van der Waals surface area contributed by atoms with E-state index in [-0.39, 0.29) is 0 Å². The predicted molar refractivity (Wildman–Crippen MR) is 59.7 cm³/mol. The molecule has 0 saturated carbocycles. The average molecular weight is 192 g/mol. The van der Waals surface area contributed by atoms with Crippen molar-refractivity contribution in [3.05, 3.63) is 24.2 Å². The number of aromatic nitrogens is 2. The summed E-state index contributed by atoms with van der Waals surface area (Å²) in [5.74, 6) is 2.50. The Labute approximate surface area is 84.7 Å². The van der Waals surface area contributed by atoms with E-state index in [4.69, 9.17) is 0 Å². The maximum absolute atomic E-state index is 4.36. The highest BCUT2D eigenvalue weighted by atomic mass is 15.2. The molecule has 0 unspecified atom stereocenters. The monoisotopic (exact) mass is 192 g/mol. The number of hydrogen-bond acceptors (Lipinski definition) is 4. The quantitative estimate of drug-likeness (QED) is 0.791. The molecule has 4 heteroatoms. The van der Waals surface area contributed by atoms with Crippen molar-refractivity contribution in [3.63, 3.8) is 0 Å². The Bertz CT molecular complexity index is 344. The van der Waals surface area contributed by atoms with Gasteiger partial charge in [0.1, 0.15) is 17.5 Å². The molecule has 0 radical (unpaired) electrons. The Hall–Kier alpha value is -1.58. The first-order valence-corrected chi connectivity index (χ1v) is 4.46. The van der Waals surface area contributed by atoms with Crippen molar-refractivity contribution in [2.24, 2.45) is 0 Å². The van der Waals surface area contributed by atoms with Gasteiger partial charge in [-0.1, -0.05) is 6.58 Å². The van der Waals surface area contributed by atoms with Gasteiger partial charge in [0.25, 0.3) is 0 Å². The molecule has 0 amide bonds. The topological polar surface area (TPSA) is 41.1 Å². The van der Waals surface area contributed by atoms with Gasteiger partial charge in [-0.2, -0.15) is 0 Å². The Balaban J connectivity index is 3.24. The van der Waals surface area contributed by atoms with Crippen LogP contribution in [-0.4, -0.2) is 24.1 Å². The lowest BCUT2D eigenvalue weighted by molar-refractivity contribution is 0.972. The molecule has 0 atom stereocenters. The molecule has 1 heterocycles. The Morgan fingerprint density at radius 2 is 1.93 bits per heavy atom. The molecule has 0 bridgehead atoms. The van der Waals surface area contributed by atoms with Crippen LogP contribution in [0.3, 0.4) is 0 Å². The van der Waals surface area contributed by atoms with E-state index in [9.17, 15) is 0 Å². The SMILES string of the molecule is C=CNc1nc(C)nc(N(C)C)c1C. The van der Waals surface area contributed by atoms with Crippen LogP contribution in [0.2, 0.25) is 0 Å². The summed E-state index contributed by atoms with van der Waals surface area (Å²) in [7, 11) is 3.93. The molecule has 76 valence electrons. The van der Waals surface area contributed by atoms with Crippen molar-refractivity contribution in [1.29, 1.82) is 0 Å². The Morgan fingerprint density at radius 3 is 2.43 bits per heavy atom. The van der Waals surface area contributed by atoms with E-state index >= 15 is 0 Å². The van der Waals surface area contributed by atoms with Gasteiger partial charge < -0.3 is 10.2 Å². The number of rotatable bonds is 3. The van der Waals surface area contributed by atoms with Crippen molar-refractivity contribution in [3.8, 4) is 0 Å². The van der Waals surface area contributed by atoms with Crippen molar-refractivity contribution in [2.75, 3.05) is 24.3 Å². The van der Waals surface area contributed by atoms with Crippen molar-refractivity contribution in [1.82, 2.24) is 9.97 Å². The summed E-state index contributed by atoms with van der Waals surface area (Å²) >= 11 is 0. The lowest BCUT2D eigenvalue weighted by Gasteiger charge is -2.16. The third-order valence-electron chi connectivity index (χ3n) is 1.89. The fraction of sp³-hybridized carbons (Fsp3) is 0.400. The van der Waals surface area contributed by atoms with Crippen LogP contribution in [0.4, 0.5) is 11.6 Å². The number of nitrogens with one attached hydrogen (secondary N) is 1. The summed E-state index contributed by atoms with van der Waals surface area (Å²) in [6.07, 6.45) is 1.62. The largest absolute Gasteiger partial charge is 0.362 e. The molecule has 0 spiro atoms. The smallest absolute Gasteiger partial charge is 0.138 e. The van der Waals surface area contributed by atoms with Crippen LogP contribution in [0.15, 0.2) is 12.8 Å².